The Morgan fingerprint density at radius 1 is 1.33 bits per heavy atom. The van der Waals surface area contributed by atoms with Crippen LogP contribution in [0.15, 0.2) is 36.5 Å². The van der Waals surface area contributed by atoms with Crippen LogP contribution in [0.5, 0.6) is 5.75 Å². The number of pyridine rings is 1. The van der Waals surface area contributed by atoms with Gasteiger partial charge in [-0.2, -0.15) is 0 Å². The van der Waals surface area contributed by atoms with Crippen molar-refractivity contribution in [1.82, 2.24) is 9.38 Å². The third-order valence-corrected chi connectivity index (χ3v) is 3.33. The Bertz CT molecular complexity index is 811. The third-order valence-electron chi connectivity index (χ3n) is 3.33. The first-order valence-corrected chi connectivity index (χ1v) is 6.77. The van der Waals surface area contributed by atoms with E-state index in [2.05, 4.69) is 4.98 Å². The molecule has 0 fully saturated rings. The van der Waals surface area contributed by atoms with Gasteiger partial charge in [-0.25, -0.2) is 9.37 Å². The molecule has 5 heteroatoms. The first-order chi connectivity index (χ1) is 10.1. The lowest BCUT2D eigenvalue weighted by molar-refractivity contribution is 0.341. The third kappa shape index (κ3) is 2.20. The number of halogens is 1. The van der Waals surface area contributed by atoms with Crippen LogP contribution in [-0.2, 0) is 0 Å². The van der Waals surface area contributed by atoms with E-state index in [4.69, 9.17) is 10.5 Å². The summed E-state index contributed by atoms with van der Waals surface area (Å²) >= 11 is 0. The molecule has 3 rings (SSSR count). The zero-order chi connectivity index (χ0) is 15.0. The summed E-state index contributed by atoms with van der Waals surface area (Å²) in [4.78, 5) is 4.35. The van der Waals surface area contributed by atoms with Gasteiger partial charge >= 0.3 is 0 Å². The summed E-state index contributed by atoms with van der Waals surface area (Å²) in [7, 11) is 0. The minimum absolute atomic E-state index is 0.217. The SMILES string of the molecule is CCOc1ccc(C)cc1-c1nc2c(F)cccn2c1N. The molecule has 2 N–H and O–H groups in total. The molecule has 0 saturated carbocycles. The highest BCUT2D eigenvalue weighted by molar-refractivity contribution is 5.79. The number of fused-ring (bicyclic) bond motifs is 1. The summed E-state index contributed by atoms with van der Waals surface area (Å²) in [5.74, 6) is 0.690. The molecule has 2 heterocycles. The van der Waals surface area contributed by atoms with Crippen molar-refractivity contribution in [2.75, 3.05) is 12.3 Å². The molecule has 0 unspecified atom stereocenters. The normalized spacial score (nSPS) is 11.0. The maximum absolute atomic E-state index is 13.9. The van der Waals surface area contributed by atoms with Gasteiger partial charge in [0.1, 0.15) is 17.3 Å². The fourth-order valence-electron chi connectivity index (χ4n) is 2.36. The molecule has 0 radical (unpaired) electrons. The quantitative estimate of drug-likeness (QED) is 0.802. The number of aryl methyl sites for hydroxylation is 1. The number of benzene rings is 1. The predicted octanol–water partition coefficient (Wildman–Crippen LogP) is 3.43. The Kier molecular flexibility index (Phi) is 3.25. The van der Waals surface area contributed by atoms with Crippen molar-refractivity contribution in [2.45, 2.75) is 13.8 Å². The van der Waals surface area contributed by atoms with Gasteiger partial charge in [0.25, 0.3) is 0 Å². The fourth-order valence-corrected chi connectivity index (χ4v) is 2.36. The van der Waals surface area contributed by atoms with Gasteiger partial charge in [-0.15, -0.1) is 0 Å². The van der Waals surface area contributed by atoms with Crippen molar-refractivity contribution >= 4 is 11.5 Å². The van der Waals surface area contributed by atoms with Gasteiger partial charge in [-0.05, 0) is 38.1 Å². The maximum Gasteiger partial charge on any atom is 0.175 e. The summed E-state index contributed by atoms with van der Waals surface area (Å²) in [5, 5.41) is 0. The van der Waals surface area contributed by atoms with E-state index < -0.39 is 5.82 Å². The molecular formula is C16H16FN3O. The monoisotopic (exact) mass is 285 g/mol. The van der Waals surface area contributed by atoms with E-state index in [-0.39, 0.29) is 5.65 Å². The van der Waals surface area contributed by atoms with Crippen LogP contribution >= 0.6 is 0 Å². The second-order valence-electron chi connectivity index (χ2n) is 4.83. The molecule has 4 nitrogen and oxygen atoms in total. The zero-order valence-corrected chi connectivity index (χ0v) is 11.9. The Balaban J connectivity index is 2.27. The molecule has 1 aromatic carbocycles. The maximum atomic E-state index is 13.9. The smallest absolute Gasteiger partial charge is 0.175 e. The highest BCUT2D eigenvalue weighted by atomic mass is 19.1. The number of hydrogen-bond acceptors (Lipinski definition) is 3. The molecule has 0 aliphatic heterocycles. The summed E-state index contributed by atoms with van der Waals surface area (Å²) < 4.78 is 21.0. The van der Waals surface area contributed by atoms with Crippen molar-refractivity contribution in [2.24, 2.45) is 0 Å². The number of anilines is 1. The molecule has 0 aliphatic carbocycles. The predicted molar refractivity (Wildman–Crippen MR) is 80.9 cm³/mol. The van der Waals surface area contributed by atoms with Gasteiger partial charge in [-0.1, -0.05) is 11.6 Å². The molecule has 21 heavy (non-hydrogen) atoms. The lowest BCUT2D eigenvalue weighted by Crippen LogP contribution is -1.98. The number of imidazole rings is 1. The van der Waals surface area contributed by atoms with Crippen LogP contribution in [0.1, 0.15) is 12.5 Å². The number of hydrogen-bond donors (Lipinski definition) is 1. The van der Waals surface area contributed by atoms with E-state index in [1.807, 2.05) is 32.0 Å². The van der Waals surface area contributed by atoms with Gasteiger partial charge < -0.3 is 10.5 Å². The Morgan fingerprint density at radius 3 is 2.86 bits per heavy atom. The Morgan fingerprint density at radius 2 is 2.14 bits per heavy atom. The van der Waals surface area contributed by atoms with E-state index in [9.17, 15) is 4.39 Å². The largest absolute Gasteiger partial charge is 0.493 e. The van der Waals surface area contributed by atoms with Crippen LogP contribution in [0.25, 0.3) is 16.9 Å². The lowest BCUT2D eigenvalue weighted by Gasteiger charge is -2.10. The van der Waals surface area contributed by atoms with Gasteiger partial charge in [-0.3, -0.25) is 4.40 Å². The van der Waals surface area contributed by atoms with E-state index in [0.717, 1.165) is 11.1 Å². The van der Waals surface area contributed by atoms with E-state index >= 15 is 0 Å². The van der Waals surface area contributed by atoms with E-state index in [1.165, 1.54) is 6.07 Å². The lowest BCUT2D eigenvalue weighted by atomic mass is 10.1. The molecule has 0 aliphatic rings. The molecule has 0 amide bonds. The van der Waals surface area contributed by atoms with Crippen molar-refractivity contribution < 1.29 is 9.13 Å². The number of rotatable bonds is 3. The molecule has 108 valence electrons. The average Bonchev–Trinajstić information content (AvgIpc) is 2.80. The standard InChI is InChI=1S/C16H16FN3O/c1-3-21-13-7-6-10(2)9-11(13)14-15(18)20-8-4-5-12(17)16(20)19-14/h4-9H,3,18H2,1-2H3. The van der Waals surface area contributed by atoms with E-state index in [1.54, 1.807) is 16.7 Å². The number of ether oxygens (including phenoxy) is 1. The van der Waals surface area contributed by atoms with Gasteiger partial charge in [0.2, 0.25) is 0 Å². The minimum atomic E-state index is -0.402. The summed E-state index contributed by atoms with van der Waals surface area (Å²) in [6.45, 7) is 4.43. The van der Waals surface area contributed by atoms with E-state index in [0.29, 0.717) is 23.9 Å². The van der Waals surface area contributed by atoms with Crippen LogP contribution in [0.3, 0.4) is 0 Å². The topological polar surface area (TPSA) is 52.5 Å². The van der Waals surface area contributed by atoms with Gasteiger partial charge in [0, 0.05) is 11.8 Å². The average molecular weight is 285 g/mol. The molecule has 0 spiro atoms. The Hall–Kier alpha value is -2.56. The van der Waals surface area contributed by atoms with Crippen LogP contribution in [-0.4, -0.2) is 16.0 Å². The number of nitrogens with zero attached hydrogens (tertiary/aromatic N) is 2. The first kappa shape index (κ1) is 13.4. The summed E-state index contributed by atoms with van der Waals surface area (Å²) in [6.07, 6.45) is 1.69. The van der Waals surface area contributed by atoms with Crippen molar-refractivity contribution in [3.05, 3.63) is 47.9 Å². The summed E-state index contributed by atoms with van der Waals surface area (Å²) in [6, 6.07) is 8.76. The van der Waals surface area contributed by atoms with Crippen molar-refractivity contribution in [1.29, 1.82) is 0 Å². The van der Waals surface area contributed by atoms with Gasteiger partial charge in [0.05, 0.1) is 6.61 Å². The second kappa shape index (κ2) is 5.09. The van der Waals surface area contributed by atoms with Crippen LogP contribution < -0.4 is 10.5 Å². The highest BCUT2D eigenvalue weighted by Gasteiger charge is 2.17. The van der Waals surface area contributed by atoms with Crippen molar-refractivity contribution in [3.8, 4) is 17.0 Å². The second-order valence-corrected chi connectivity index (χ2v) is 4.83. The fraction of sp³-hybridized carbons (Fsp3) is 0.188. The Labute approximate surface area is 122 Å². The zero-order valence-electron chi connectivity index (χ0n) is 11.9. The first-order valence-electron chi connectivity index (χ1n) is 6.77. The van der Waals surface area contributed by atoms with Crippen molar-refractivity contribution in [3.63, 3.8) is 0 Å². The molecular weight excluding hydrogens is 269 g/mol. The number of aromatic nitrogens is 2. The molecule has 2 aromatic heterocycles. The highest BCUT2D eigenvalue weighted by Crippen LogP contribution is 2.35. The van der Waals surface area contributed by atoms with Gasteiger partial charge in [0.15, 0.2) is 11.5 Å². The molecule has 0 bridgehead atoms. The van der Waals surface area contributed by atoms with Crippen LogP contribution in [0.2, 0.25) is 0 Å². The number of nitrogens with two attached hydrogens (primary N) is 1. The molecule has 0 saturated heterocycles. The summed E-state index contributed by atoms with van der Waals surface area (Å²) in [5.41, 5.74) is 8.72. The minimum Gasteiger partial charge on any atom is -0.493 e. The van der Waals surface area contributed by atoms with Crippen LogP contribution in [0.4, 0.5) is 10.2 Å². The number of nitrogen functional groups attached to an aromatic ring is 1. The molecule has 3 aromatic rings. The molecule has 0 atom stereocenters. The van der Waals surface area contributed by atoms with Crippen LogP contribution in [0, 0.1) is 12.7 Å².